The van der Waals surface area contributed by atoms with Crippen molar-refractivity contribution in [3.63, 3.8) is 0 Å². The Morgan fingerprint density at radius 1 is 1.26 bits per heavy atom. The van der Waals surface area contributed by atoms with Crippen LogP contribution in [0.25, 0.3) is 0 Å². The highest BCUT2D eigenvalue weighted by atomic mass is 32.1. The van der Waals surface area contributed by atoms with Crippen molar-refractivity contribution in [2.24, 2.45) is 5.92 Å². The summed E-state index contributed by atoms with van der Waals surface area (Å²) in [7, 11) is 0.782. The number of nitrogens with one attached hydrogen (secondary N) is 1. The molecular weight excluding hydrogens is 385 g/mol. The Bertz CT molecular complexity index is 854. The number of nitrogens with zero attached hydrogens (tertiary/aromatic N) is 1. The fraction of sp³-hybridized carbons (Fsp3) is 0.294. The van der Waals surface area contributed by atoms with E-state index in [4.69, 9.17) is 0 Å². The number of carbonyl (C=O) groups excluding carboxylic acids is 2. The number of phenolic OH excluding ortho intramolecular Hbond substituents is 1. The van der Waals surface area contributed by atoms with E-state index in [0.717, 1.165) is 18.4 Å². The van der Waals surface area contributed by atoms with E-state index in [1.165, 1.54) is 41.8 Å². The van der Waals surface area contributed by atoms with Crippen LogP contribution in [0.1, 0.15) is 21.3 Å². The lowest BCUT2D eigenvalue weighted by atomic mass is 9.78. The van der Waals surface area contributed by atoms with Crippen LogP contribution in [0.2, 0.25) is 0 Å². The van der Waals surface area contributed by atoms with Gasteiger partial charge in [0.25, 0.3) is 5.72 Å². The van der Waals surface area contributed by atoms with E-state index >= 15 is 0 Å². The Morgan fingerprint density at radius 2 is 1.89 bits per heavy atom. The van der Waals surface area contributed by atoms with Crippen molar-refractivity contribution in [3.05, 3.63) is 52.2 Å². The molecule has 1 aliphatic rings. The normalized spacial score (nSPS) is 26.0. The maximum absolute atomic E-state index is 13.9. The third-order valence-corrected chi connectivity index (χ3v) is 5.46. The first-order valence-electron chi connectivity index (χ1n) is 7.77. The highest BCUT2D eigenvalue weighted by molar-refractivity contribution is 7.12. The number of halogens is 3. The minimum absolute atomic E-state index is 0.0241. The van der Waals surface area contributed by atoms with E-state index in [1.54, 1.807) is 0 Å². The third-order valence-electron chi connectivity index (χ3n) is 4.58. The fourth-order valence-electron chi connectivity index (χ4n) is 3.14. The lowest BCUT2D eigenvalue weighted by Gasteiger charge is -2.49. The number of phenols is 1. The maximum Gasteiger partial charge on any atom is 0.437 e. The largest absolute Gasteiger partial charge is 0.508 e. The van der Waals surface area contributed by atoms with E-state index in [0.29, 0.717) is 0 Å². The quantitative estimate of drug-likeness (QED) is 0.691. The molecule has 0 radical (unpaired) electrons. The third kappa shape index (κ3) is 3.04. The zero-order valence-corrected chi connectivity index (χ0v) is 14.7. The van der Waals surface area contributed by atoms with Crippen LogP contribution in [0.3, 0.4) is 0 Å². The average Bonchev–Trinajstić information content (AvgIpc) is 3.13. The van der Waals surface area contributed by atoms with Crippen LogP contribution in [-0.2, 0) is 0 Å². The molecule has 27 heavy (non-hydrogen) atoms. The van der Waals surface area contributed by atoms with Gasteiger partial charge in [-0.1, -0.05) is 18.2 Å². The molecule has 144 valence electrons. The molecule has 0 spiro atoms. The van der Waals surface area contributed by atoms with Gasteiger partial charge in [0, 0.05) is 7.05 Å². The summed E-state index contributed by atoms with van der Waals surface area (Å²) in [4.78, 5) is 25.2. The number of alkyl halides is 3. The van der Waals surface area contributed by atoms with Gasteiger partial charge >= 0.3 is 12.2 Å². The lowest BCUT2D eigenvalue weighted by molar-refractivity contribution is -0.322. The summed E-state index contributed by atoms with van der Waals surface area (Å²) in [6.07, 6.45) is -5.29. The van der Waals surface area contributed by atoms with Crippen LogP contribution in [0, 0.1) is 5.92 Å². The molecule has 6 nitrogen and oxygen atoms in total. The van der Waals surface area contributed by atoms with Crippen LogP contribution in [-0.4, -0.2) is 45.9 Å². The highest BCUT2D eigenvalue weighted by Crippen LogP contribution is 2.47. The van der Waals surface area contributed by atoms with Crippen LogP contribution in [0.5, 0.6) is 5.75 Å². The number of thiophene rings is 1. The van der Waals surface area contributed by atoms with Gasteiger partial charge in [0.15, 0.2) is 5.78 Å². The molecule has 1 aromatic heterocycles. The van der Waals surface area contributed by atoms with Gasteiger partial charge in [-0.2, -0.15) is 13.2 Å². The molecule has 0 saturated carbocycles. The second-order valence-electron chi connectivity index (χ2n) is 6.12. The first-order valence-corrected chi connectivity index (χ1v) is 8.65. The van der Waals surface area contributed by atoms with Crippen molar-refractivity contribution in [2.45, 2.75) is 17.9 Å². The van der Waals surface area contributed by atoms with Crippen LogP contribution >= 0.6 is 11.3 Å². The first kappa shape index (κ1) is 19.2. The molecule has 2 amide bonds. The maximum atomic E-state index is 13.9. The van der Waals surface area contributed by atoms with Crippen molar-refractivity contribution in [2.75, 3.05) is 7.05 Å². The molecule has 0 unspecified atom stereocenters. The molecular formula is C17H15F3N2O4S. The van der Waals surface area contributed by atoms with Gasteiger partial charge in [0.1, 0.15) is 11.7 Å². The summed E-state index contributed by atoms with van der Waals surface area (Å²) >= 11 is 0.939. The number of amides is 2. The number of hydrogen-bond donors (Lipinski definition) is 3. The van der Waals surface area contributed by atoms with Crippen molar-refractivity contribution in [1.29, 1.82) is 0 Å². The molecule has 0 bridgehead atoms. The van der Waals surface area contributed by atoms with Gasteiger partial charge in [-0.3, -0.25) is 9.69 Å². The summed E-state index contributed by atoms with van der Waals surface area (Å²) < 4.78 is 41.7. The number of urea groups is 1. The van der Waals surface area contributed by atoms with E-state index in [1.807, 2.05) is 0 Å². The molecule has 3 rings (SSSR count). The number of aliphatic hydroxyl groups is 1. The molecule has 10 heteroatoms. The monoisotopic (exact) mass is 400 g/mol. The van der Waals surface area contributed by atoms with Gasteiger partial charge < -0.3 is 15.5 Å². The molecule has 2 aromatic rings. The number of benzene rings is 1. The summed E-state index contributed by atoms with van der Waals surface area (Å²) in [5.74, 6) is -3.14. The smallest absolute Gasteiger partial charge is 0.437 e. The summed E-state index contributed by atoms with van der Waals surface area (Å²) in [5, 5.41) is 23.9. The Kier molecular flexibility index (Phi) is 4.64. The molecule has 1 aromatic carbocycles. The zero-order valence-electron chi connectivity index (χ0n) is 13.9. The highest BCUT2D eigenvalue weighted by Gasteiger charge is 2.69. The predicted octanol–water partition coefficient (Wildman–Crippen LogP) is 2.90. The number of hydrogen-bond acceptors (Lipinski definition) is 5. The van der Waals surface area contributed by atoms with E-state index in [9.17, 15) is 33.0 Å². The average molecular weight is 400 g/mol. The lowest BCUT2D eigenvalue weighted by Crippen LogP contribution is -2.72. The number of rotatable bonds is 3. The number of aromatic hydroxyl groups is 1. The van der Waals surface area contributed by atoms with Crippen molar-refractivity contribution in [1.82, 2.24) is 10.2 Å². The summed E-state index contributed by atoms with van der Waals surface area (Å²) in [6, 6.07) is 5.25. The Balaban J connectivity index is 2.19. The second kappa shape index (κ2) is 6.54. The Labute approximate surface area is 155 Å². The SMILES string of the molecule is CN1C(=O)N[C@H](c2ccc(O)cc2)[C@H](C(=O)c2cccs2)[C@]1(O)C(F)(F)F. The second-order valence-corrected chi connectivity index (χ2v) is 7.07. The standard InChI is InChI=1S/C17H15F3N2O4S/c1-22-15(25)21-13(9-4-6-10(23)7-5-9)12(16(22,26)17(18,19)20)14(24)11-3-2-8-27-11/h2-8,12-13,23,26H,1H3,(H,21,25)/t12-,13-,16+/m1/s1. The van der Waals surface area contributed by atoms with Crippen molar-refractivity contribution < 1.29 is 33.0 Å². The fourth-order valence-corrected chi connectivity index (χ4v) is 3.84. The number of carbonyl (C=O) groups is 2. The summed E-state index contributed by atoms with van der Waals surface area (Å²) in [6.45, 7) is 0. The molecule has 1 saturated heterocycles. The minimum atomic E-state index is -5.29. The van der Waals surface area contributed by atoms with Gasteiger partial charge in [0.2, 0.25) is 0 Å². The minimum Gasteiger partial charge on any atom is -0.508 e. The predicted molar refractivity (Wildman–Crippen MR) is 90.3 cm³/mol. The van der Waals surface area contributed by atoms with Crippen molar-refractivity contribution >= 4 is 23.2 Å². The van der Waals surface area contributed by atoms with Gasteiger partial charge in [-0.05, 0) is 29.1 Å². The van der Waals surface area contributed by atoms with Gasteiger partial charge in [0.05, 0.1) is 10.9 Å². The first-order chi connectivity index (χ1) is 12.6. The van der Waals surface area contributed by atoms with Gasteiger partial charge in [-0.15, -0.1) is 11.3 Å². The van der Waals surface area contributed by atoms with Crippen LogP contribution in [0.4, 0.5) is 18.0 Å². The zero-order chi connectivity index (χ0) is 20.0. The topological polar surface area (TPSA) is 89.9 Å². The summed E-state index contributed by atoms with van der Waals surface area (Å²) in [5.41, 5.74) is -3.56. The molecule has 1 aliphatic heterocycles. The Morgan fingerprint density at radius 3 is 2.41 bits per heavy atom. The van der Waals surface area contributed by atoms with E-state index in [2.05, 4.69) is 5.32 Å². The number of Topliss-reactive ketones (excluding diaryl/α,β-unsaturated/α-hetero) is 1. The Hall–Kier alpha value is -2.59. The van der Waals surface area contributed by atoms with Crippen LogP contribution in [0.15, 0.2) is 41.8 Å². The van der Waals surface area contributed by atoms with E-state index < -0.39 is 35.7 Å². The van der Waals surface area contributed by atoms with E-state index in [-0.39, 0.29) is 21.1 Å². The molecule has 0 aliphatic carbocycles. The molecule has 3 N–H and O–H groups in total. The number of ketones is 1. The van der Waals surface area contributed by atoms with Crippen molar-refractivity contribution in [3.8, 4) is 5.75 Å². The molecule has 2 heterocycles. The van der Waals surface area contributed by atoms with Crippen LogP contribution < -0.4 is 5.32 Å². The molecule has 1 fully saturated rings. The molecule has 3 atom stereocenters. The van der Waals surface area contributed by atoms with Gasteiger partial charge in [-0.25, -0.2) is 4.79 Å².